The Morgan fingerprint density at radius 1 is 0.967 bits per heavy atom. The van der Waals surface area contributed by atoms with Gasteiger partial charge in [0, 0.05) is 24.2 Å². The molecule has 0 bridgehead atoms. The quantitative estimate of drug-likeness (QED) is 0.332. The van der Waals surface area contributed by atoms with Crippen LogP contribution in [0.2, 0.25) is 0 Å². The molecule has 3 aromatic rings. The van der Waals surface area contributed by atoms with E-state index in [2.05, 4.69) is 41.8 Å². The average Bonchev–Trinajstić information content (AvgIpc) is 3.09. The predicted molar refractivity (Wildman–Crippen MR) is 121 cm³/mol. The predicted octanol–water partition coefficient (Wildman–Crippen LogP) is 5.43. The first-order chi connectivity index (χ1) is 14.6. The summed E-state index contributed by atoms with van der Waals surface area (Å²) in [7, 11) is 4.72. The molecular weight excluding hydrogens is 378 g/mol. The molecule has 0 aliphatic carbocycles. The number of ether oxygens (including phenoxy) is 3. The number of aromatic nitrogens is 1. The number of carbonyl (C=O) groups is 1. The highest BCUT2D eigenvalue weighted by Crippen LogP contribution is 2.38. The summed E-state index contributed by atoms with van der Waals surface area (Å²) < 4.78 is 18.4. The van der Waals surface area contributed by atoms with Crippen molar-refractivity contribution >= 4 is 22.8 Å². The number of methoxy groups -OCH3 is 3. The largest absolute Gasteiger partial charge is 0.493 e. The van der Waals surface area contributed by atoms with Gasteiger partial charge in [-0.2, -0.15) is 0 Å². The molecule has 1 aromatic heterocycles. The number of aryl methyl sites for hydroxylation is 2. The number of benzene rings is 2. The van der Waals surface area contributed by atoms with Crippen molar-refractivity contribution in [3.63, 3.8) is 0 Å². The molecule has 0 spiro atoms. The van der Waals surface area contributed by atoms with Crippen molar-refractivity contribution in [2.24, 2.45) is 0 Å². The van der Waals surface area contributed by atoms with Gasteiger partial charge < -0.3 is 18.8 Å². The van der Waals surface area contributed by atoms with Gasteiger partial charge in [0.15, 0.2) is 17.3 Å². The first-order valence-corrected chi connectivity index (χ1v) is 10.1. The average molecular weight is 408 g/mol. The van der Waals surface area contributed by atoms with E-state index in [0.717, 1.165) is 24.9 Å². The third-order valence-electron chi connectivity index (χ3n) is 5.22. The molecule has 0 saturated heterocycles. The summed E-state index contributed by atoms with van der Waals surface area (Å²) in [4.78, 5) is 12.3. The van der Waals surface area contributed by atoms with Crippen molar-refractivity contribution in [3.05, 3.63) is 59.8 Å². The number of ketones is 1. The molecule has 0 atom stereocenters. The van der Waals surface area contributed by atoms with E-state index < -0.39 is 0 Å². The molecule has 2 aromatic carbocycles. The van der Waals surface area contributed by atoms with Gasteiger partial charge in [0.25, 0.3) is 0 Å². The van der Waals surface area contributed by atoms with Gasteiger partial charge in [0.05, 0.1) is 21.3 Å². The highest BCUT2D eigenvalue weighted by molar-refractivity contribution is 5.93. The lowest BCUT2D eigenvalue weighted by Gasteiger charge is -2.12. The van der Waals surface area contributed by atoms with E-state index in [1.807, 2.05) is 12.1 Å². The lowest BCUT2D eigenvalue weighted by molar-refractivity contribution is -0.114. The fourth-order valence-electron chi connectivity index (χ4n) is 3.68. The van der Waals surface area contributed by atoms with Crippen LogP contribution in [0.5, 0.6) is 17.2 Å². The van der Waals surface area contributed by atoms with Crippen LogP contribution in [0.3, 0.4) is 0 Å². The van der Waals surface area contributed by atoms with Crippen molar-refractivity contribution in [3.8, 4) is 17.2 Å². The molecule has 5 heteroatoms. The fourth-order valence-corrected chi connectivity index (χ4v) is 3.68. The molecule has 0 aliphatic heterocycles. The van der Waals surface area contributed by atoms with E-state index in [1.54, 1.807) is 33.5 Å². The zero-order chi connectivity index (χ0) is 21.5. The second kappa shape index (κ2) is 10.0. The Hall–Kier alpha value is -3.21. The first kappa shape index (κ1) is 21.5. The highest BCUT2D eigenvalue weighted by Gasteiger charge is 2.12. The number of carbonyl (C=O) groups excluding carboxylic acids is 1. The Bertz CT molecular complexity index is 1020. The van der Waals surface area contributed by atoms with Crippen molar-refractivity contribution in [2.45, 2.75) is 32.7 Å². The van der Waals surface area contributed by atoms with Gasteiger partial charge in [-0.25, -0.2) is 0 Å². The van der Waals surface area contributed by atoms with Crippen LogP contribution < -0.4 is 14.2 Å². The Morgan fingerprint density at radius 2 is 1.67 bits per heavy atom. The molecule has 3 rings (SSSR count). The standard InChI is InChI=1S/C25H29NO4/c1-18-15-20-9-5-6-11-22(20)26(18)14-8-7-10-21(27)13-12-19-16-23(28-2)25(30-4)24(17-19)29-3/h5-6,9,11-13,15-17H,7-8,10,14H2,1-4H3/b13-12+. The van der Waals surface area contributed by atoms with Crippen LogP contribution in [-0.4, -0.2) is 31.7 Å². The molecule has 5 nitrogen and oxygen atoms in total. The topological polar surface area (TPSA) is 49.7 Å². The number of para-hydroxylation sites is 1. The molecule has 0 fully saturated rings. The van der Waals surface area contributed by atoms with Gasteiger partial charge in [-0.1, -0.05) is 24.3 Å². The van der Waals surface area contributed by atoms with Crippen molar-refractivity contribution < 1.29 is 19.0 Å². The van der Waals surface area contributed by atoms with E-state index in [-0.39, 0.29) is 5.78 Å². The molecule has 0 saturated carbocycles. The van der Waals surface area contributed by atoms with Gasteiger partial charge in [-0.3, -0.25) is 4.79 Å². The number of nitrogens with zero attached hydrogens (tertiary/aromatic N) is 1. The molecular formula is C25H29NO4. The lowest BCUT2D eigenvalue weighted by Crippen LogP contribution is -2.01. The van der Waals surface area contributed by atoms with Crippen LogP contribution in [0.4, 0.5) is 0 Å². The van der Waals surface area contributed by atoms with Crippen LogP contribution in [0, 0.1) is 6.92 Å². The number of allylic oxidation sites excluding steroid dienone is 1. The zero-order valence-electron chi connectivity index (χ0n) is 18.1. The minimum absolute atomic E-state index is 0.109. The summed E-state index contributed by atoms with van der Waals surface area (Å²) in [5, 5.41) is 1.26. The summed E-state index contributed by atoms with van der Waals surface area (Å²) in [6, 6.07) is 14.3. The van der Waals surface area contributed by atoms with Gasteiger partial charge in [0.2, 0.25) is 5.75 Å². The Labute approximate surface area is 177 Å². The maximum absolute atomic E-state index is 12.3. The summed E-state index contributed by atoms with van der Waals surface area (Å²) in [5.41, 5.74) is 3.33. The van der Waals surface area contributed by atoms with Crippen LogP contribution in [0.1, 0.15) is 30.5 Å². The first-order valence-electron chi connectivity index (χ1n) is 10.1. The van der Waals surface area contributed by atoms with E-state index in [4.69, 9.17) is 14.2 Å². The van der Waals surface area contributed by atoms with E-state index >= 15 is 0 Å². The third kappa shape index (κ3) is 4.85. The second-order valence-electron chi connectivity index (χ2n) is 7.21. The summed E-state index contributed by atoms with van der Waals surface area (Å²) in [5.74, 6) is 1.78. The van der Waals surface area contributed by atoms with Crippen molar-refractivity contribution in [2.75, 3.05) is 21.3 Å². The number of hydrogen-bond donors (Lipinski definition) is 0. The molecule has 158 valence electrons. The van der Waals surface area contributed by atoms with E-state index in [0.29, 0.717) is 23.7 Å². The molecule has 30 heavy (non-hydrogen) atoms. The smallest absolute Gasteiger partial charge is 0.203 e. The van der Waals surface area contributed by atoms with Gasteiger partial charge in [0.1, 0.15) is 0 Å². The molecule has 1 heterocycles. The van der Waals surface area contributed by atoms with Crippen molar-refractivity contribution in [1.29, 1.82) is 0 Å². The van der Waals surface area contributed by atoms with Crippen LogP contribution in [0.25, 0.3) is 17.0 Å². The molecule has 0 N–H and O–H groups in total. The monoisotopic (exact) mass is 407 g/mol. The summed E-state index contributed by atoms with van der Waals surface area (Å²) >= 11 is 0. The maximum atomic E-state index is 12.3. The van der Waals surface area contributed by atoms with Gasteiger partial charge >= 0.3 is 0 Å². The van der Waals surface area contributed by atoms with E-state index in [1.165, 1.54) is 16.6 Å². The van der Waals surface area contributed by atoms with Crippen LogP contribution in [0.15, 0.2) is 48.5 Å². The van der Waals surface area contributed by atoms with Crippen LogP contribution >= 0.6 is 0 Å². The third-order valence-corrected chi connectivity index (χ3v) is 5.22. The SMILES string of the molecule is COc1cc(/C=C/C(=O)CCCCn2c(C)cc3ccccc32)cc(OC)c1OC. The molecule has 0 radical (unpaired) electrons. The summed E-state index contributed by atoms with van der Waals surface area (Å²) in [6.45, 7) is 3.05. The highest BCUT2D eigenvalue weighted by atomic mass is 16.5. The molecule has 0 unspecified atom stereocenters. The maximum Gasteiger partial charge on any atom is 0.203 e. The normalized spacial score (nSPS) is 11.2. The molecule has 0 aliphatic rings. The Balaban J connectivity index is 1.56. The fraction of sp³-hybridized carbons (Fsp3) is 0.320. The lowest BCUT2D eigenvalue weighted by atomic mass is 10.1. The minimum atomic E-state index is 0.109. The zero-order valence-corrected chi connectivity index (χ0v) is 18.1. The van der Waals surface area contributed by atoms with Gasteiger partial charge in [-0.15, -0.1) is 0 Å². The van der Waals surface area contributed by atoms with E-state index in [9.17, 15) is 4.79 Å². The minimum Gasteiger partial charge on any atom is -0.493 e. The van der Waals surface area contributed by atoms with Crippen molar-refractivity contribution in [1.82, 2.24) is 4.57 Å². The number of fused-ring (bicyclic) bond motifs is 1. The Kier molecular flexibility index (Phi) is 7.17. The van der Waals surface area contributed by atoms with Crippen LogP contribution in [-0.2, 0) is 11.3 Å². The van der Waals surface area contributed by atoms with Gasteiger partial charge in [-0.05, 0) is 61.1 Å². The molecule has 0 amide bonds. The number of hydrogen-bond acceptors (Lipinski definition) is 4. The Morgan fingerprint density at radius 3 is 2.33 bits per heavy atom. The number of rotatable bonds is 10. The second-order valence-corrected chi connectivity index (χ2v) is 7.21. The number of unbranched alkanes of at least 4 members (excludes halogenated alkanes) is 1. The summed E-state index contributed by atoms with van der Waals surface area (Å²) in [6.07, 6.45) is 5.75.